The number of nitrogens with zero attached hydrogens (tertiary/aromatic N) is 1. The lowest BCUT2D eigenvalue weighted by Crippen LogP contribution is -2.50. The van der Waals surface area contributed by atoms with Crippen LogP contribution in [0.25, 0.3) is 0 Å². The van der Waals surface area contributed by atoms with Crippen molar-refractivity contribution in [3.05, 3.63) is 12.7 Å². The molecule has 0 aliphatic heterocycles. The second kappa shape index (κ2) is 16.3. The van der Waals surface area contributed by atoms with E-state index in [1.54, 1.807) is 13.8 Å². The summed E-state index contributed by atoms with van der Waals surface area (Å²) in [5.41, 5.74) is -1.09. The maximum absolute atomic E-state index is 12.7. The molecule has 0 fully saturated rings. The van der Waals surface area contributed by atoms with Crippen molar-refractivity contribution >= 4 is 30.4 Å². The first-order valence-corrected chi connectivity index (χ1v) is 11.5. The van der Waals surface area contributed by atoms with E-state index in [0.29, 0.717) is 18.7 Å². The zero-order chi connectivity index (χ0) is 23.0. The number of unbranched alkanes of at least 4 members (excludes halogenated alkanes) is 6. The molecule has 0 aromatic carbocycles. The highest BCUT2D eigenvalue weighted by Crippen LogP contribution is 2.22. The van der Waals surface area contributed by atoms with Crippen molar-refractivity contribution in [3.8, 4) is 0 Å². The fourth-order valence-corrected chi connectivity index (χ4v) is 2.94. The Hall–Kier alpha value is -1.38. The van der Waals surface area contributed by atoms with Crippen LogP contribution in [0.1, 0.15) is 71.6 Å². The third kappa shape index (κ3) is 11.7. The number of allylic oxidation sites excluding steroid dienone is 1. The highest BCUT2D eigenvalue weighted by molar-refractivity contribution is 7.80. The van der Waals surface area contributed by atoms with Gasteiger partial charge < -0.3 is 15.5 Å². The van der Waals surface area contributed by atoms with Crippen molar-refractivity contribution in [2.75, 3.05) is 25.4 Å². The average molecular weight is 445 g/mol. The molecule has 0 aromatic rings. The summed E-state index contributed by atoms with van der Waals surface area (Å²) in [6.07, 6.45) is 7.45. The molecule has 1 atom stereocenters. The number of imide groups is 1. The minimum absolute atomic E-state index is 0.0408. The smallest absolute Gasteiger partial charge is 0.258 e. The third-order valence-corrected chi connectivity index (χ3v) is 5.22. The first-order valence-electron chi connectivity index (χ1n) is 10.8. The first kappa shape index (κ1) is 28.6. The van der Waals surface area contributed by atoms with Crippen molar-refractivity contribution in [2.24, 2.45) is 5.41 Å². The Balaban J connectivity index is 4.77. The monoisotopic (exact) mass is 444 g/mol. The van der Waals surface area contributed by atoms with Gasteiger partial charge in [-0.15, -0.1) is 6.58 Å². The van der Waals surface area contributed by atoms with Gasteiger partial charge >= 0.3 is 0 Å². The Labute approximate surface area is 186 Å². The quantitative estimate of drug-likeness (QED) is 0.157. The number of aliphatic hydroxyl groups excluding tert-OH is 2. The van der Waals surface area contributed by atoms with Crippen molar-refractivity contribution < 1.29 is 24.6 Å². The van der Waals surface area contributed by atoms with E-state index in [0.717, 1.165) is 43.4 Å². The predicted molar refractivity (Wildman–Crippen MR) is 122 cm³/mol. The molecule has 0 unspecified atom stereocenters. The second-order valence-electron chi connectivity index (χ2n) is 8.21. The summed E-state index contributed by atoms with van der Waals surface area (Å²) < 4.78 is 0. The van der Waals surface area contributed by atoms with Gasteiger partial charge in [0, 0.05) is 37.1 Å². The maximum atomic E-state index is 12.7. The van der Waals surface area contributed by atoms with E-state index in [9.17, 15) is 24.6 Å². The largest absolute Gasteiger partial charge is 0.396 e. The summed E-state index contributed by atoms with van der Waals surface area (Å²) in [7, 11) is 0. The predicted octanol–water partition coefficient (Wildman–Crippen LogP) is 2.46. The minimum Gasteiger partial charge on any atom is -0.396 e. The van der Waals surface area contributed by atoms with Crippen LogP contribution in [-0.2, 0) is 14.4 Å². The molecule has 0 aliphatic rings. The Bertz CT molecular complexity index is 540. The summed E-state index contributed by atoms with van der Waals surface area (Å²) in [4.78, 5) is 38.3. The van der Waals surface area contributed by atoms with Crippen LogP contribution < -0.4 is 5.32 Å². The molecule has 174 valence electrons. The number of aliphatic hydroxyl groups is 2. The molecule has 8 heteroatoms. The molecular weight excluding hydrogens is 404 g/mol. The van der Waals surface area contributed by atoms with E-state index in [4.69, 9.17) is 0 Å². The Kier molecular flexibility index (Phi) is 15.6. The molecule has 0 aliphatic carbocycles. The van der Waals surface area contributed by atoms with Gasteiger partial charge in [0.15, 0.2) is 0 Å². The Morgan fingerprint density at radius 1 is 1.10 bits per heavy atom. The summed E-state index contributed by atoms with van der Waals surface area (Å²) >= 11 is 4.02. The molecule has 0 aromatic heterocycles. The standard InChI is InChI=1S/C22H40N2O5S/c1-4-5-6-7-8-9-10-11-12-19(27)24(15-13-18(26)23-14-16-30)21(29)20(28)22(2,3)17-25/h4,20,25,28,30H,1,5-17H2,2-3H3,(H,23,26)/t20-/m0/s1. The number of hydrogen-bond acceptors (Lipinski definition) is 6. The molecule has 7 nitrogen and oxygen atoms in total. The second-order valence-corrected chi connectivity index (χ2v) is 8.65. The maximum Gasteiger partial charge on any atom is 0.258 e. The van der Waals surface area contributed by atoms with Crippen molar-refractivity contribution in [1.82, 2.24) is 10.2 Å². The molecule has 3 N–H and O–H groups in total. The molecule has 3 amide bonds. The molecule has 0 radical (unpaired) electrons. The summed E-state index contributed by atoms with van der Waals surface area (Å²) in [5.74, 6) is -0.971. The van der Waals surface area contributed by atoms with E-state index in [2.05, 4.69) is 24.5 Å². The molecule has 0 saturated heterocycles. The van der Waals surface area contributed by atoms with E-state index in [1.807, 2.05) is 6.08 Å². The van der Waals surface area contributed by atoms with E-state index in [1.165, 1.54) is 0 Å². The SMILES string of the molecule is C=CCCCCCCCCC(=O)N(CCC(=O)NCCS)C(=O)[C@H](O)C(C)(C)CO. The number of carbonyl (C=O) groups is 3. The van der Waals surface area contributed by atoms with Crippen LogP contribution in [0.15, 0.2) is 12.7 Å². The average Bonchev–Trinajstić information content (AvgIpc) is 2.73. The van der Waals surface area contributed by atoms with Gasteiger partial charge in [0.2, 0.25) is 11.8 Å². The van der Waals surface area contributed by atoms with E-state index < -0.39 is 29.9 Å². The molecular formula is C22H40N2O5S. The fraction of sp³-hybridized carbons (Fsp3) is 0.773. The van der Waals surface area contributed by atoms with Gasteiger partial charge in [0.05, 0.1) is 6.61 Å². The van der Waals surface area contributed by atoms with Gasteiger partial charge in [0.1, 0.15) is 6.10 Å². The fourth-order valence-electron chi connectivity index (χ4n) is 2.83. The zero-order valence-corrected chi connectivity index (χ0v) is 19.5. The highest BCUT2D eigenvalue weighted by Gasteiger charge is 2.37. The molecule has 0 bridgehead atoms. The number of amides is 3. The topological polar surface area (TPSA) is 107 Å². The van der Waals surface area contributed by atoms with Gasteiger partial charge in [-0.2, -0.15) is 12.6 Å². The Morgan fingerprint density at radius 2 is 1.70 bits per heavy atom. The summed E-state index contributed by atoms with van der Waals surface area (Å²) in [5, 5.41) is 22.4. The lowest BCUT2D eigenvalue weighted by atomic mass is 9.86. The van der Waals surface area contributed by atoms with Crippen LogP contribution in [-0.4, -0.2) is 64.4 Å². The van der Waals surface area contributed by atoms with E-state index in [-0.39, 0.29) is 25.3 Å². The molecule has 0 spiro atoms. The first-order chi connectivity index (χ1) is 14.2. The van der Waals surface area contributed by atoms with Crippen LogP contribution in [0.5, 0.6) is 0 Å². The van der Waals surface area contributed by atoms with Crippen molar-refractivity contribution in [1.29, 1.82) is 0 Å². The van der Waals surface area contributed by atoms with Crippen molar-refractivity contribution in [2.45, 2.75) is 77.7 Å². The number of nitrogens with one attached hydrogen (secondary N) is 1. The van der Waals surface area contributed by atoms with Crippen LogP contribution in [0, 0.1) is 5.41 Å². The van der Waals surface area contributed by atoms with Crippen LogP contribution in [0.3, 0.4) is 0 Å². The Morgan fingerprint density at radius 3 is 2.27 bits per heavy atom. The normalized spacial score (nSPS) is 12.3. The minimum atomic E-state index is -1.53. The van der Waals surface area contributed by atoms with Crippen LogP contribution in [0.2, 0.25) is 0 Å². The highest BCUT2D eigenvalue weighted by atomic mass is 32.1. The molecule has 30 heavy (non-hydrogen) atoms. The zero-order valence-electron chi connectivity index (χ0n) is 18.6. The van der Waals surface area contributed by atoms with Gasteiger partial charge in [-0.1, -0.05) is 45.6 Å². The van der Waals surface area contributed by atoms with Gasteiger partial charge in [0.25, 0.3) is 5.91 Å². The van der Waals surface area contributed by atoms with Gasteiger partial charge in [-0.05, 0) is 19.3 Å². The number of rotatable bonds is 17. The van der Waals surface area contributed by atoms with Gasteiger partial charge in [-0.3, -0.25) is 19.3 Å². The molecule has 0 heterocycles. The van der Waals surface area contributed by atoms with Crippen LogP contribution >= 0.6 is 12.6 Å². The summed E-state index contributed by atoms with van der Waals surface area (Å²) in [6.45, 7) is 6.68. The number of carbonyl (C=O) groups excluding carboxylic acids is 3. The number of hydrogen-bond donors (Lipinski definition) is 4. The lowest BCUT2D eigenvalue weighted by Gasteiger charge is -2.31. The molecule has 0 rings (SSSR count). The number of thiol groups is 1. The molecule has 0 saturated carbocycles. The van der Waals surface area contributed by atoms with Crippen LogP contribution in [0.4, 0.5) is 0 Å². The van der Waals surface area contributed by atoms with Gasteiger partial charge in [-0.25, -0.2) is 0 Å². The van der Waals surface area contributed by atoms with Crippen molar-refractivity contribution in [3.63, 3.8) is 0 Å². The lowest BCUT2D eigenvalue weighted by molar-refractivity contribution is -0.156. The third-order valence-electron chi connectivity index (χ3n) is 4.99. The summed E-state index contributed by atoms with van der Waals surface area (Å²) in [6, 6.07) is 0. The van der Waals surface area contributed by atoms with E-state index >= 15 is 0 Å².